The second kappa shape index (κ2) is 10.5. The van der Waals surface area contributed by atoms with E-state index < -0.39 is 18.0 Å². The van der Waals surface area contributed by atoms with Crippen molar-refractivity contribution in [3.05, 3.63) is 65.7 Å². The lowest BCUT2D eigenvalue weighted by Crippen LogP contribution is -2.36. The SMILES string of the molecule is N=C(N)c1ccc(NC(=O)NC(CC(=O)NCCC(=O)O)c2ccccc2)cc1. The van der Waals surface area contributed by atoms with Crippen molar-refractivity contribution in [2.24, 2.45) is 5.73 Å². The molecule has 9 heteroatoms. The van der Waals surface area contributed by atoms with Crippen molar-refractivity contribution in [3.8, 4) is 0 Å². The summed E-state index contributed by atoms with van der Waals surface area (Å²) in [5.74, 6) is -1.44. The number of carbonyl (C=O) groups is 3. The van der Waals surface area contributed by atoms with Crippen molar-refractivity contribution < 1.29 is 19.5 Å². The normalized spacial score (nSPS) is 11.2. The smallest absolute Gasteiger partial charge is 0.319 e. The van der Waals surface area contributed by atoms with E-state index in [0.29, 0.717) is 11.3 Å². The first-order valence-corrected chi connectivity index (χ1v) is 8.90. The number of nitrogens with one attached hydrogen (secondary N) is 4. The van der Waals surface area contributed by atoms with Crippen LogP contribution in [0.15, 0.2) is 54.6 Å². The fourth-order valence-electron chi connectivity index (χ4n) is 2.56. The van der Waals surface area contributed by atoms with Crippen molar-refractivity contribution >= 4 is 29.4 Å². The summed E-state index contributed by atoms with van der Waals surface area (Å²) in [5, 5.41) is 24.0. The maximum Gasteiger partial charge on any atom is 0.319 e. The number of carboxylic acid groups (broad SMARTS) is 1. The third-order valence-electron chi connectivity index (χ3n) is 4.01. The molecule has 0 spiro atoms. The fourth-order valence-corrected chi connectivity index (χ4v) is 2.56. The van der Waals surface area contributed by atoms with Crippen LogP contribution in [-0.2, 0) is 9.59 Å². The van der Waals surface area contributed by atoms with Gasteiger partial charge in [0.1, 0.15) is 5.84 Å². The van der Waals surface area contributed by atoms with Gasteiger partial charge in [-0.05, 0) is 29.8 Å². The average molecular weight is 397 g/mol. The molecule has 29 heavy (non-hydrogen) atoms. The summed E-state index contributed by atoms with van der Waals surface area (Å²) >= 11 is 0. The van der Waals surface area contributed by atoms with Crippen molar-refractivity contribution in [2.75, 3.05) is 11.9 Å². The lowest BCUT2D eigenvalue weighted by molar-refractivity contribution is -0.136. The Bertz CT molecular complexity index is 868. The number of amides is 3. The van der Waals surface area contributed by atoms with Gasteiger partial charge < -0.3 is 26.8 Å². The highest BCUT2D eigenvalue weighted by Gasteiger charge is 2.18. The highest BCUT2D eigenvalue weighted by Crippen LogP contribution is 2.17. The van der Waals surface area contributed by atoms with Crippen LogP contribution >= 0.6 is 0 Å². The second-order valence-electron chi connectivity index (χ2n) is 6.25. The van der Waals surface area contributed by atoms with E-state index in [1.54, 1.807) is 48.5 Å². The lowest BCUT2D eigenvalue weighted by Gasteiger charge is -2.19. The minimum Gasteiger partial charge on any atom is -0.481 e. The van der Waals surface area contributed by atoms with Gasteiger partial charge in [-0.3, -0.25) is 15.0 Å². The molecular weight excluding hydrogens is 374 g/mol. The van der Waals surface area contributed by atoms with E-state index in [1.807, 2.05) is 6.07 Å². The Balaban J connectivity index is 2.01. The second-order valence-corrected chi connectivity index (χ2v) is 6.25. The molecule has 0 fully saturated rings. The van der Waals surface area contributed by atoms with Gasteiger partial charge in [-0.15, -0.1) is 0 Å². The Morgan fingerprint density at radius 3 is 2.28 bits per heavy atom. The Morgan fingerprint density at radius 2 is 1.69 bits per heavy atom. The minimum atomic E-state index is -1.00. The predicted molar refractivity (Wildman–Crippen MR) is 109 cm³/mol. The van der Waals surface area contributed by atoms with E-state index in [0.717, 1.165) is 5.56 Å². The van der Waals surface area contributed by atoms with Crippen LogP contribution in [0.25, 0.3) is 0 Å². The number of hydrogen-bond acceptors (Lipinski definition) is 4. The molecule has 3 amide bonds. The van der Waals surface area contributed by atoms with E-state index >= 15 is 0 Å². The molecule has 1 unspecified atom stereocenters. The zero-order valence-electron chi connectivity index (χ0n) is 15.6. The number of anilines is 1. The van der Waals surface area contributed by atoms with Crippen molar-refractivity contribution in [2.45, 2.75) is 18.9 Å². The third-order valence-corrected chi connectivity index (χ3v) is 4.01. The molecule has 1 atom stereocenters. The van der Waals surface area contributed by atoms with E-state index in [4.69, 9.17) is 16.2 Å². The van der Waals surface area contributed by atoms with Crippen LogP contribution in [0.2, 0.25) is 0 Å². The molecule has 7 N–H and O–H groups in total. The van der Waals surface area contributed by atoms with Gasteiger partial charge in [0.25, 0.3) is 0 Å². The first kappa shape index (κ1) is 21.4. The summed E-state index contributed by atoms with van der Waals surface area (Å²) < 4.78 is 0. The molecule has 0 aromatic heterocycles. The van der Waals surface area contributed by atoms with Crippen molar-refractivity contribution in [3.63, 3.8) is 0 Å². The van der Waals surface area contributed by atoms with Crippen LogP contribution in [0, 0.1) is 5.41 Å². The molecular formula is C20H23N5O4. The summed E-state index contributed by atoms with van der Waals surface area (Å²) in [5.41, 5.74) is 7.19. The summed E-state index contributed by atoms with van der Waals surface area (Å²) in [6.07, 6.45) is -0.216. The first-order chi connectivity index (χ1) is 13.8. The number of nitrogens with two attached hydrogens (primary N) is 1. The molecule has 2 aromatic rings. The van der Waals surface area contributed by atoms with Gasteiger partial charge in [0.05, 0.1) is 18.9 Å². The van der Waals surface area contributed by atoms with Gasteiger partial charge in [-0.1, -0.05) is 30.3 Å². The fraction of sp³-hybridized carbons (Fsp3) is 0.200. The van der Waals surface area contributed by atoms with Crippen LogP contribution in [0.1, 0.15) is 30.0 Å². The number of rotatable bonds is 9. The molecule has 0 radical (unpaired) electrons. The Hall–Kier alpha value is -3.88. The number of nitrogen functional groups attached to an aromatic ring is 1. The zero-order valence-corrected chi connectivity index (χ0v) is 15.6. The number of benzene rings is 2. The number of hydrogen-bond donors (Lipinski definition) is 6. The van der Waals surface area contributed by atoms with Gasteiger partial charge in [0.15, 0.2) is 0 Å². The Kier molecular flexibility index (Phi) is 7.72. The highest BCUT2D eigenvalue weighted by molar-refractivity contribution is 5.96. The molecule has 0 heterocycles. The van der Waals surface area contributed by atoms with Gasteiger partial charge in [0, 0.05) is 17.8 Å². The standard InChI is InChI=1S/C20H23N5O4/c21-19(22)14-6-8-15(9-7-14)24-20(29)25-16(13-4-2-1-3-5-13)12-17(26)23-11-10-18(27)28/h1-9,16H,10-12H2,(H3,21,22)(H,23,26)(H,27,28)(H2,24,25,29). The number of carbonyl (C=O) groups excluding carboxylic acids is 2. The van der Waals surface area contributed by atoms with Gasteiger partial charge in [0.2, 0.25) is 5.91 Å². The molecule has 2 rings (SSSR count). The monoisotopic (exact) mass is 397 g/mol. The quantitative estimate of drug-likeness (QED) is 0.281. The number of urea groups is 1. The molecule has 0 aliphatic rings. The van der Waals surface area contributed by atoms with Gasteiger partial charge in [-0.25, -0.2) is 4.79 Å². The van der Waals surface area contributed by atoms with Crippen molar-refractivity contribution in [1.29, 1.82) is 5.41 Å². The summed E-state index contributed by atoms with van der Waals surface area (Å²) in [6, 6.07) is 14.3. The van der Waals surface area contributed by atoms with Crippen molar-refractivity contribution in [1.82, 2.24) is 10.6 Å². The van der Waals surface area contributed by atoms with Crippen LogP contribution < -0.4 is 21.7 Å². The van der Waals surface area contributed by atoms with E-state index in [2.05, 4.69) is 16.0 Å². The molecule has 152 valence electrons. The molecule has 0 aliphatic heterocycles. The summed E-state index contributed by atoms with van der Waals surface area (Å²) in [6.45, 7) is 0.0182. The summed E-state index contributed by atoms with van der Waals surface area (Å²) in [7, 11) is 0. The third kappa shape index (κ3) is 7.33. The molecule has 0 saturated carbocycles. The number of aliphatic carboxylic acids is 1. The molecule has 9 nitrogen and oxygen atoms in total. The summed E-state index contributed by atoms with van der Waals surface area (Å²) in [4.78, 5) is 35.1. The topological polar surface area (TPSA) is 157 Å². The van der Waals surface area contributed by atoms with Crippen LogP contribution in [-0.4, -0.2) is 35.4 Å². The Morgan fingerprint density at radius 1 is 1.03 bits per heavy atom. The predicted octanol–water partition coefficient (Wildman–Crippen LogP) is 1.81. The molecule has 2 aromatic carbocycles. The first-order valence-electron chi connectivity index (χ1n) is 8.90. The van der Waals surface area contributed by atoms with E-state index in [1.165, 1.54) is 0 Å². The average Bonchev–Trinajstić information content (AvgIpc) is 2.68. The molecule has 0 saturated heterocycles. The van der Waals surface area contributed by atoms with Crippen LogP contribution in [0.3, 0.4) is 0 Å². The lowest BCUT2D eigenvalue weighted by atomic mass is 10.0. The van der Waals surface area contributed by atoms with Crippen LogP contribution in [0.5, 0.6) is 0 Å². The number of amidine groups is 1. The Labute approximate surface area is 167 Å². The van der Waals surface area contributed by atoms with E-state index in [9.17, 15) is 14.4 Å². The number of carboxylic acids is 1. The minimum absolute atomic E-state index is 0.0182. The largest absolute Gasteiger partial charge is 0.481 e. The van der Waals surface area contributed by atoms with Gasteiger partial charge >= 0.3 is 12.0 Å². The van der Waals surface area contributed by atoms with Crippen LogP contribution in [0.4, 0.5) is 10.5 Å². The zero-order chi connectivity index (χ0) is 21.2. The molecule has 0 bridgehead atoms. The van der Waals surface area contributed by atoms with E-state index in [-0.39, 0.29) is 31.1 Å². The maximum atomic E-state index is 12.4. The highest BCUT2D eigenvalue weighted by atomic mass is 16.4. The molecule has 0 aliphatic carbocycles. The van der Waals surface area contributed by atoms with Gasteiger partial charge in [-0.2, -0.15) is 0 Å². The maximum absolute atomic E-state index is 12.4.